The van der Waals surface area contributed by atoms with Crippen molar-refractivity contribution in [3.05, 3.63) is 78.1 Å². The zero-order valence-corrected chi connectivity index (χ0v) is 20.1. The van der Waals surface area contributed by atoms with Crippen LogP contribution in [0.15, 0.2) is 71.6 Å². The van der Waals surface area contributed by atoms with Crippen LogP contribution in [0, 0.1) is 0 Å². The maximum absolute atomic E-state index is 13.2. The lowest BCUT2D eigenvalue weighted by Crippen LogP contribution is -2.38. The maximum atomic E-state index is 13.2. The number of para-hydroxylation sites is 2. The second kappa shape index (κ2) is 8.96. The number of amides is 1. The number of H-pyrrole nitrogens is 1. The number of fused-ring (bicyclic) bond motifs is 2. The highest BCUT2D eigenvalue weighted by Gasteiger charge is 2.31. The summed E-state index contributed by atoms with van der Waals surface area (Å²) < 4.78 is 38.6. The Kier molecular flexibility index (Phi) is 5.62. The number of aromatic amines is 1. The molecule has 2 aliphatic rings. The standard InChI is InChI=1S/C26H24N4O5S/c31-26(18-5-10-23-24(15-18)35-16-34-23)27-19-6-8-20(9-7-19)36(32,33)30-13-11-17(12-14-30)25-28-21-3-1-2-4-22(21)29-25/h1-10,15,17H,11-14,16H2,(H,27,31)(H,28,29). The number of rotatable bonds is 5. The van der Waals surface area contributed by atoms with Crippen molar-refractivity contribution in [3.8, 4) is 11.5 Å². The number of benzene rings is 3. The molecule has 1 aromatic heterocycles. The second-order valence-corrected chi connectivity index (χ2v) is 10.8. The number of piperidine rings is 1. The number of hydrogen-bond acceptors (Lipinski definition) is 6. The van der Waals surface area contributed by atoms with E-state index in [0.717, 1.165) is 16.9 Å². The first-order valence-electron chi connectivity index (χ1n) is 11.7. The first kappa shape index (κ1) is 22.6. The highest BCUT2D eigenvalue weighted by molar-refractivity contribution is 7.89. The lowest BCUT2D eigenvalue weighted by Gasteiger charge is -2.30. The Hall–Kier alpha value is -3.89. The van der Waals surface area contributed by atoms with E-state index in [9.17, 15) is 13.2 Å². The van der Waals surface area contributed by atoms with Crippen LogP contribution in [-0.4, -0.2) is 48.5 Å². The fourth-order valence-corrected chi connectivity index (χ4v) is 6.11. The Balaban J connectivity index is 1.10. The predicted molar refractivity (Wildman–Crippen MR) is 134 cm³/mol. The zero-order valence-electron chi connectivity index (χ0n) is 19.3. The molecule has 6 rings (SSSR count). The zero-order chi connectivity index (χ0) is 24.7. The fourth-order valence-electron chi connectivity index (χ4n) is 4.64. The fraction of sp³-hybridized carbons (Fsp3) is 0.231. The average Bonchev–Trinajstić information content (AvgIpc) is 3.56. The first-order valence-corrected chi connectivity index (χ1v) is 13.2. The summed E-state index contributed by atoms with van der Waals surface area (Å²) in [7, 11) is -3.64. The van der Waals surface area contributed by atoms with Gasteiger partial charge in [0.1, 0.15) is 5.82 Å². The Morgan fingerprint density at radius 1 is 0.972 bits per heavy atom. The number of carbonyl (C=O) groups excluding carboxylic acids is 1. The Labute approximate surface area is 208 Å². The summed E-state index contributed by atoms with van der Waals surface area (Å²) in [6, 6.07) is 19.1. The molecule has 184 valence electrons. The van der Waals surface area contributed by atoms with E-state index in [4.69, 9.17) is 9.47 Å². The average molecular weight is 505 g/mol. The molecule has 2 N–H and O–H groups in total. The minimum Gasteiger partial charge on any atom is -0.454 e. The van der Waals surface area contributed by atoms with E-state index in [0.29, 0.717) is 48.7 Å². The van der Waals surface area contributed by atoms with Gasteiger partial charge in [-0.2, -0.15) is 4.31 Å². The van der Waals surface area contributed by atoms with Crippen molar-refractivity contribution in [2.75, 3.05) is 25.2 Å². The van der Waals surface area contributed by atoms with Crippen LogP contribution in [-0.2, 0) is 10.0 Å². The van der Waals surface area contributed by atoms with Gasteiger partial charge in [0, 0.05) is 30.3 Å². The minimum absolute atomic E-state index is 0.133. The molecule has 3 heterocycles. The topological polar surface area (TPSA) is 114 Å². The maximum Gasteiger partial charge on any atom is 0.255 e. The Bertz CT molecular complexity index is 1510. The summed E-state index contributed by atoms with van der Waals surface area (Å²) >= 11 is 0. The molecule has 0 spiro atoms. The number of aromatic nitrogens is 2. The smallest absolute Gasteiger partial charge is 0.255 e. The van der Waals surface area contributed by atoms with Crippen molar-refractivity contribution in [2.24, 2.45) is 0 Å². The summed E-state index contributed by atoms with van der Waals surface area (Å²) in [6.07, 6.45) is 1.39. The van der Waals surface area contributed by atoms with Gasteiger partial charge >= 0.3 is 0 Å². The number of hydrogen-bond donors (Lipinski definition) is 2. The number of imidazole rings is 1. The molecule has 36 heavy (non-hydrogen) atoms. The number of nitrogens with zero attached hydrogens (tertiary/aromatic N) is 2. The molecule has 0 atom stereocenters. The van der Waals surface area contributed by atoms with E-state index >= 15 is 0 Å². The van der Waals surface area contributed by atoms with Crippen molar-refractivity contribution in [1.29, 1.82) is 0 Å². The van der Waals surface area contributed by atoms with Gasteiger partial charge in [-0.1, -0.05) is 12.1 Å². The van der Waals surface area contributed by atoms with Crippen molar-refractivity contribution in [3.63, 3.8) is 0 Å². The van der Waals surface area contributed by atoms with Gasteiger partial charge in [-0.25, -0.2) is 13.4 Å². The largest absolute Gasteiger partial charge is 0.454 e. The van der Waals surface area contributed by atoms with Crippen molar-refractivity contribution >= 4 is 32.7 Å². The van der Waals surface area contributed by atoms with Crippen LogP contribution in [0.3, 0.4) is 0 Å². The molecular formula is C26H24N4O5S. The van der Waals surface area contributed by atoms with Gasteiger partial charge in [-0.15, -0.1) is 0 Å². The van der Waals surface area contributed by atoms with Crippen LogP contribution in [0.2, 0.25) is 0 Å². The SMILES string of the molecule is O=C(Nc1ccc(S(=O)(=O)N2CCC(c3nc4ccccc4[nH]3)CC2)cc1)c1ccc2c(c1)OCO2. The van der Waals surface area contributed by atoms with Crippen molar-refractivity contribution in [1.82, 2.24) is 14.3 Å². The summed E-state index contributed by atoms with van der Waals surface area (Å²) in [5, 5.41) is 2.79. The van der Waals surface area contributed by atoms with Gasteiger partial charge < -0.3 is 19.8 Å². The number of ether oxygens (including phenoxy) is 2. The molecular weight excluding hydrogens is 480 g/mol. The van der Waals surface area contributed by atoms with Crippen LogP contribution in [0.25, 0.3) is 11.0 Å². The summed E-state index contributed by atoms with van der Waals surface area (Å²) in [5.74, 6) is 1.90. The van der Waals surface area contributed by atoms with E-state index < -0.39 is 10.0 Å². The highest BCUT2D eigenvalue weighted by atomic mass is 32.2. The minimum atomic E-state index is -3.64. The van der Waals surface area contributed by atoms with Crippen LogP contribution in [0.1, 0.15) is 34.9 Å². The predicted octanol–water partition coefficient (Wildman–Crippen LogP) is 4.11. The lowest BCUT2D eigenvalue weighted by atomic mass is 9.97. The van der Waals surface area contributed by atoms with Crippen LogP contribution in [0.5, 0.6) is 11.5 Å². The molecule has 0 saturated carbocycles. The third kappa shape index (κ3) is 4.18. The number of anilines is 1. The number of carbonyl (C=O) groups is 1. The molecule has 0 unspecified atom stereocenters. The summed E-state index contributed by atoms with van der Waals surface area (Å²) in [6.45, 7) is 0.979. The molecule has 0 bridgehead atoms. The highest BCUT2D eigenvalue weighted by Crippen LogP contribution is 2.33. The van der Waals surface area contributed by atoms with E-state index in [1.54, 1.807) is 30.3 Å². The molecule has 0 radical (unpaired) electrons. The second-order valence-electron chi connectivity index (χ2n) is 8.86. The number of sulfonamides is 1. The molecule has 2 aliphatic heterocycles. The van der Waals surface area contributed by atoms with Gasteiger partial charge in [0.25, 0.3) is 5.91 Å². The number of nitrogens with one attached hydrogen (secondary N) is 2. The van der Waals surface area contributed by atoms with Gasteiger partial charge in [0.2, 0.25) is 16.8 Å². The van der Waals surface area contributed by atoms with E-state index in [2.05, 4.69) is 15.3 Å². The van der Waals surface area contributed by atoms with Gasteiger partial charge in [-0.3, -0.25) is 4.79 Å². The molecule has 1 saturated heterocycles. The third-order valence-electron chi connectivity index (χ3n) is 6.63. The van der Waals surface area contributed by atoms with E-state index in [1.807, 2.05) is 24.3 Å². The van der Waals surface area contributed by atoms with Crippen LogP contribution in [0.4, 0.5) is 5.69 Å². The van der Waals surface area contributed by atoms with Gasteiger partial charge in [0.05, 0.1) is 15.9 Å². The quantitative estimate of drug-likeness (QED) is 0.423. The molecule has 3 aromatic carbocycles. The Morgan fingerprint density at radius 3 is 2.50 bits per heavy atom. The summed E-state index contributed by atoms with van der Waals surface area (Å²) in [5.41, 5.74) is 2.84. The molecule has 10 heteroatoms. The molecule has 1 fully saturated rings. The van der Waals surface area contributed by atoms with Crippen LogP contribution < -0.4 is 14.8 Å². The van der Waals surface area contributed by atoms with Crippen molar-refractivity contribution in [2.45, 2.75) is 23.7 Å². The normalized spacial score (nSPS) is 16.3. The third-order valence-corrected chi connectivity index (χ3v) is 8.55. The lowest BCUT2D eigenvalue weighted by molar-refractivity contribution is 0.102. The van der Waals surface area contributed by atoms with E-state index in [-0.39, 0.29) is 23.5 Å². The van der Waals surface area contributed by atoms with Gasteiger partial charge in [-0.05, 0) is 67.4 Å². The molecule has 0 aliphatic carbocycles. The van der Waals surface area contributed by atoms with E-state index in [1.165, 1.54) is 16.4 Å². The Morgan fingerprint density at radius 2 is 1.72 bits per heavy atom. The molecule has 1 amide bonds. The first-order chi connectivity index (χ1) is 17.5. The molecule has 9 nitrogen and oxygen atoms in total. The van der Waals surface area contributed by atoms with Crippen LogP contribution >= 0.6 is 0 Å². The summed E-state index contributed by atoms with van der Waals surface area (Å²) in [4.78, 5) is 20.9. The monoisotopic (exact) mass is 504 g/mol. The van der Waals surface area contributed by atoms with Crippen molar-refractivity contribution < 1.29 is 22.7 Å². The van der Waals surface area contributed by atoms with Gasteiger partial charge in [0.15, 0.2) is 11.5 Å². The molecule has 4 aromatic rings.